The molecule has 2 bridgehead atoms. The van der Waals surface area contributed by atoms with Gasteiger partial charge in [-0.1, -0.05) is 32.9 Å². The third kappa shape index (κ3) is 1.71. The molecule has 8 atom stereocenters. The molecule has 1 spiro atoms. The predicted molar refractivity (Wildman–Crippen MR) is 91.4 cm³/mol. The van der Waals surface area contributed by atoms with Crippen molar-refractivity contribution in [1.82, 2.24) is 0 Å². The monoisotopic (exact) mass is 348 g/mol. The Labute approximate surface area is 148 Å². The van der Waals surface area contributed by atoms with Crippen LogP contribution >= 0.6 is 0 Å². The molecular weight excluding hydrogens is 320 g/mol. The second kappa shape index (κ2) is 4.83. The average Bonchev–Trinajstić information content (AvgIpc) is 3.05. The van der Waals surface area contributed by atoms with Crippen LogP contribution in [0, 0.1) is 34.5 Å². The highest BCUT2D eigenvalue weighted by Gasteiger charge is 2.75. The summed E-state index contributed by atoms with van der Waals surface area (Å²) in [6, 6.07) is 0. The summed E-state index contributed by atoms with van der Waals surface area (Å²) in [6.45, 7) is 7.50. The zero-order valence-corrected chi connectivity index (χ0v) is 15.2. The molecule has 25 heavy (non-hydrogen) atoms. The van der Waals surface area contributed by atoms with Gasteiger partial charge >= 0.3 is 0 Å². The lowest BCUT2D eigenvalue weighted by atomic mass is 9.59. The van der Waals surface area contributed by atoms with E-state index < -0.39 is 35.7 Å². The number of fused-ring (bicyclic) bond motifs is 3. The lowest BCUT2D eigenvalue weighted by molar-refractivity contribution is -0.190. The van der Waals surface area contributed by atoms with Crippen molar-refractivity contribution in [1.29, 1.82) is 0 Å². The number of allylic oxidation sites excluding steroid dienone is 1. The van der Waals surface area contributed by atoms with Crippen LogP contribution in [0.3, 0.4) is 0 Å². The Morgan fingerprint density at radius 1 is 1.24 bits per heavy atom. The lowest BCUT2D eigenvalue weighted by Gasteiger charge is -2.48. The summed E-state index contributed by atoms with van der Waals surface area (Å²) in [7, 11) is 0. The molecule has 0 heterocycles. The number of carbonyl (C=O) groups excluding carboxylic acids is 1. The Morgan fingerprint density at radius 3 is 2.48 bits per heavy atom. The van der Waals surface area contributed by atoms with Crippen molar-refractivity contribution >= 4 is 5.78 Å². The number of aliphatic hydroxyl groups excluding tert-OH is 3. The number of hydrogen-bond acceptors (Lipinski definition) is 5. The second-order valence-corrected chi connectivity index (χ2v) is 9.27. The molecule has 0 saturated heterocycles. The van der Waals surface area contributed by atoms with Crippen LogP contribution in [0.2, 0.25) is 0 Å². The topological polar surface area (TPSA) is 98.0 Å². The van der Waals surface area contributed by atoms with Gasteiger partial charge in [0, 0.05) is 5.92 Å². The molecule has 0 aromatic carbocycles. The molecule has 0 amide bonds. The van der Waals surface area contributed by atoms with E-state index in [-0.39, 0.29) is 28.6 Å². The van der Waals surface area contributed by atoms with Crippen LogP contribution in [-0.2, 0) is 4.79 Å². The zero-order chi connectivity index (χ0) is 18.5. The van der Waals surface area contributed by atoms with Crippen LogP contribution in [0.1, 0.15) is 34.1 Å². The molecule has 0 aromatic rings. The first-order chi connectivity index (χ1) is 11.5. The van der Waals surface area contributed by atoms with E-state index in [4.69, 9.17) is 0 Å². The molecule has 5 heteroatoms. The molecular formula is C20H28O5. The number of ketones is 1. The van der Waals surface area contributed by atoms with Gasteiger partial charge in [0.05, 0.1) is 12.0 Å². The Bertz CT molecular complexity index is 707. The maximum atomic E-state index is 13.7. The molecule has 4 rings (SSSR count). The van der Waals surface area contributed by atoms with Gasteiger partial charge in [-0.3, -0.25) is 4.79 Å². The van der Waals surface area contributed by atoms with Gasteiger partial charge in [-0.15, -0.1) is 0 Å². The molecule has 5 nitrogen and oxygen atoms in total. The van der Waals surface area contributed by atoms with Crippen LogP contribution in [0.5, 0.6) is 0 Å². The van der Waals surface area contributed by atoms with Gasteiger partial charge in [-0.2, -0.15) is 0 Å². The van der Waals surface area contributed by atoms with Gasteiger partial charge in [0.1, 0.15) is 17.8 Å². The molecule has 4 aliphatic carbocycles. The number of rotatable bonds is 1. The quantitative estimate of drug-likeness (QED) is 0.526. The summed E-state index contributed by atoms with van der Waals surface area (Å²) in [5, 5.41) is 43.0. The van der Waals surface area contributed by atoms with Crippen LogP contribution in [-0.4, -0.2) is 50.6 Å². The smallest absolute Gasteiger partial charge is 0.153 e. The molecule has 2 fully saturated rings. The Hall–Kier alpha value is -1.01. The maximum Gasteiger partial charge on any atom is 0.153 e. The normalized spacial score (nSPS) is 53.2. The predicted octanol–water partition coefficient (Wildman–Crippen LogP) is 0.815. The Morgan fingerprint density at radius 2 is 1.88 bits per heavy atom. The van der Waals surface area contributed by atoms with E-state index in [1.807, 2.05) is 6.92 Å². The molecule has 0 aliphatic heterocycles. The standard InChI is InChI=1S/C20H28O5/c1-9-7-19-10(2)5-13-14(18(13,3)4)12(17(19)24)6-11(8-21)16(23)20(19,25)15(9)22/h6-7,10,12-16,21-23,25H,5,8H2,1-4H3/t10-,12?,13?,14?,15?,16?,19?,20?/m1/s1. The van der Waals surface area contributed by atoms with E-state index in [0.717, 1.165) is 6.42 Å². The van der Waals surface area contributed by atoms with Crippen molar-refractivity contribution in [2.75, 3.05) is 6.61 Å². The van der Waals surface area contributed by atoms with Crippen LogP contribution < -0.4 is 0 Å². The lowest BCUT2D eigenvalue weighted by Crippen LogP contribution is -2.65. The van der Waals surface area contributed by atoms with Crippen molar-refractivity contribution < 1.29 is 25.2 Å². The summed E-state index contributed by atoms with van der Waals surface area (Å²) in [4.78, 5) is 13.7. The third-order valence-electron chi connectivity index (χ3n) is 7.93. The second-order valence-electron chi connectivity index (χ2n) is 9.27. The molecule has 0 aromatic heterocycles. The summed E-state index contributed by atoms with van der Waals surface area (Å²) in [6.07, 6.45) is 1.34. The van der Waals surface area contributed by atoms with Crippen LogP contribution in [0.25, 0.3) is 0 Å². The molecule has 2 saturated carbocycles. The third-order valence-corrected chi connectivity index (χ3v) is 7.93. The van der Waals surface area contributed by atoms with Gasteiger partial charge in [0.2, 0.25) is 0 Å². The average molecular weight is 348 g/mol. The van der Waals surface area contributed by atoms with Crippen molar-refractivity contribution in [3.8, 4) is 0 Å². The summed E-state index contributed by atoms with van der Waals surface area (Å²) in [5.41, 5.74) is -2.58. The van der Waals surface area contributed by atoms with Crippen molar-refractivity contribution in [2.24, 2.45) is 34.5 Å². The number of Topliss-reactive ketones (excluding diaryl/α,β-unsaturated/α-hetero) is 1. The highest BCUT2D eigenvalue weighted by Crippen LogP contribution is 2.71. The van der Waals surface area contributed by atoms with Crippen molar-refractivity contribution in [3.05, 3.63) is 23.3 Å². The molecule has 0 radical (unpaired) electrons. The van der Waals surface area contributed by atoms with Gasteiger partial charge in [0.25, 0.3) is 0 Å². The minimum atomic E-state index is -2.03. The molecule has 4 N–H and O–H groups in total. The summed E-state index contributed by atoms with van der Waals surface area (Å²) in [5.74, 6) is -0.288. The fraction of sp³-hybridized carbons (Fsp3) is 0.750. The van der Waals surface area contributed by atoms with E-state index in [0.29, 0.717) is 11.5 Å². The van der Waals surface area contributed by atoms with Crippen LogP contribution in [0.15, 0.2) is 23.3 Å². The molecule has 138 valence electrons. The first-order valence-electron chi connectivity index (χ1n) is 9.18. The minimum absolute atomic E-state index is 0.0245. The Balaban J connectivity index is 1.99. The van der Waals surface area contributed by atoms with E-state index in [1.165, 1.54) is 0 Å². The first-order valence-corrected chi connectivity index (χ1v) is 9.18. The largest absolute Gasteiger partial charge is 0.392 e. The number of hydrogen-bond donors (Lipinski definition) is 4. The van der Waals surface area contributed by atoms with Gasteiger partial charge in [-0.05, 0) is 47.7 Å². The van der Waals surface area contributed by atoms with E-state index in [2.05, 4.69) is 13.8 Å². The number of carbonyl (C=O) groups is 1. The van der Waals surface area contributed by atoms with Crippen molar-refractivity contribution in [2.45, 2.75) is 51.9 Å². The summed E-state index contributed by atoms with van der Waals surface area (Å²) >= 11 is 0. The fourth-order valence-corrected chi connectivity index (χ4v) is 6.43. The minimum Gasteiger partial charge on any atom is -0.392 e. The number of aliphatic hydroxyl groups is 4. The Kier molecular flexibility index (Phi) is 3.36. The fourth-order valence-electron chi connectivity index (χ4n) is 6.43. The van der Waals surface area contributed by atoms with E-state index in [1.54, 1.807) is 19.1 Å². The van der Waals surface area contributed by atoms with Gasteiger partial charge < -0.3 is 20.4 Å². The highest BCUT2D eigenvalue weighted by molar-refractivity contribution is 5.95. The van der Waals surface area contributed by atoms with E-state index in [9.17, 15) is 25.2 Å². The molecule has 7 unspecified atom stereocenters. The maximum absolute atomic E-state index is 13.7. The van der Waals surface area contributed by atoms with Crippen LogP contribution in [0.4, 0.5) is 0 Å². The van der Waals surface area contributed by atoms with Crippen molar-refractivity contribution in [3.63, 3.8) is 0 Å². The van der Waals surface area contributed by atoms with E-state index >= 15 is 0 Å². The summed E-state index contributed by atoms with van der Waals surface area (Å²) < 4.78 is 0. The zero-order valence-electron chi connectivity index (χ0n) is 15.2. The SMILES string of the molecule is CC1=CC23C(=O)C(C=C(CO)C(O)C2(O)C1O)C1C(C[C@H]3C)C1(C)C. The first kappa shape index (κ1) is 17.4. The highest BCUT2D eigenvalue weighted by atomic mass is 16.4. The van der Waals surface area contributed by atoms with Gasteiger partial charge in [0.15, 0.2) is 5.78 Å². The van der Waals surface area contributed by atoms with Gasteiger partial charge in [-0.25, -0.2) is 0 Å². The molecule has 4 aliphatic rings.